The van der Waals surface area contributed by atoms with E-state index in [4.69, 9.17) is 14.2 Å². The molecule has 1 amide bonds. The lowest BCUT2D eigenvalue weighted by Crippen LogP contribution is -2.37. The smallest absolute Gasteiger partial charge is 0.444 e. The minimum absolute atomic E-state index is 0.137. The van der Waals surface area contributed by atoms with Crippen LogP contribution < -0.4 is 10.6 Å². The fraction of sp³-hybridized carbons (Fsp3) is 0.875. The van der Waals surface area contributed by atoms with E-state index in [1.807, 2.05) is 20.8 Å². The van der Waals surface area contributed by atoms with Gasteiger partial charge in [-0.3, -0.25) is 0 Å². The van der Waals surface area contributed by atoms with Gasteiger partial charge in [0.2, 0.25) is 0 Å². The second-order valence-corrected chi connectivity index (χ2v) is 7.84. The molecule has 0 aromatic rings. The summed E-state index contributed by atoms with van der Waals surface area (Å²) < 4.78 is 15.5. The maximum absolute atomic E-state index is 11.7. The molecule has 1 fully saturated rings. The van der Waals surface area contributed by atoms with Crippen molar-refractivity contribution in [1.29, 1.82) is 0 Å². The minimum Gasteiger partial charge on any atom is -0.444 e. The van der Waals surface area contributed by atoms with E-state index < -0.39 is 23.5 Å². The third kappa shape index (κ3) is 8.64. The van der Waals surface area contributed by atoms with Crippen LogP contribution in [0.3, 0.4) is 0 Å². The highest BCUT2D eigenvalue weighted by atomic mass is 16.7. The molecule has 0 saturated carbocycles. The van der Waals surface area contributed by atoms with Crippen molar-refractivity contribution in [3.05, 3.63) is 0 Å². The zero-order valence-corrected chi connectivity index (χ0v) is 15.0. The Hall–Kier alpha value is -1.50. The van der Waals surface area contributed by atoms with Gasteiger partial charge in [-0.25, -0.2) is 9.59 Å². The van der Waals surface area contributed by atoms with Gasteiger partial charge in [0.15, 0.2) is 0 Å². The Morgan fingerprint density at radius 3 is 2.13 bits per heavy atom. The highest BCUT2D eigenvalue weighted by Crippen LogP contribution is 2.18. The highest BCUT2D eigenvalue weighted by molar-refractivity contribution is 5.67. The fourth-order valence-electron chi connectivity index (χ4n) is 2.20. The first-order valence-electron chi connectivity index (χ1n) is 7.99. The predicted molar refractivity (Wildman–Crippen MR) is 86.3 cm³/mol. The molecule has 7 heteroatoms. The molecule has 23 heavy (non-hydrogen) atoms. The molecule has 0 radical (unpaired) electrons. The monoisotopic (exact) mass is 330 g/mol. The van der Waals surface area contributed by atoms with Gasteiger partial charge in [-0.15, -0.1) is 0 Å². The minimum atomic E-state index is -0.664. The summed E-state index contributed by atoms with van der Waals surface area (Å²) in [6, 6.07) is 0. The summed E-state index contributed by atoms with van der Waals surface area (Å²) in [5, 5.41) is 6.01. The van der Waals surface area contributed by atoms with Gasteiger partial charge in [0.05, 0.1) is 6.61 Å². The molecule has 1 aliphatic rings. The molecule has 0 spiro atoms. The van der Waals surface area contributed by atoms with E-state index in [1.165, 1.54) is 0 Å². The standard InChI is InChI=1S/C16H30N2O5/c1-15(2,3)22-13(19)18-9-11-7-17-8-12(11)10-21-14(20)23-16(4,5)6/h11-12,17H,7-10H2,1-6H3,(H,18,19)/t11-,12+/m1/s1. The number of nitrogens with one attached hydrogen (secondary N) is 2. The molecule has 0 aliphatic carbocycles. The molecular formula is C16H30N2O5. The molecule has 134 valence electrons. The van der Waals surface area contributed by atoms with Gasteiger partial charge >= 0.3 is 12.2 Å². The molecule has 2 N–H and O–H groups in total. The van der Waals surface area contributed by atoms with Gasteiger partial charge in [-0.1, -0.05) is 0 Å². The number of carbonyl (C=O) groups excluding carboxylic acids is 2. The van der Waals surface area contributed by atoms with Crippen LogP contribution >= 0.6 is 0 Å². The third-order valence-corrected chi connectivity index (χ3v) is 3.19. The largest absolute Gasteiger partial charge is 0.508 e. The van der Waals surface area contributed by atoms with Crippen molar-refractivity contribution in [1.82, 2.24) is 10.6 Å². The van der Waals surface area contributed by atoms with Crippen LogP contribution in [0.1, 0.15) is 41.5 Å². The average molecular weight is 330 g/mol. The number of hydrogen-bond acceptors (Lipinski definition) is 6. The van der Waals surface area contributed by atoms with Crippen LogP contribution in [-0.2, 0) is 14.2 Å². The summed E-state index contributed by atoms with van der Waals surface area (Å²) in [6.45, 7) is 13.1. The molecule has 0 bridgehead atoms. The van der Waals surface area contributed by atoms with Crippen LogP contribution in [0.4, 0.5) is 9.59 Å². The van der Waals surface area contributed by atoms with Gasteiger partial charge < -0.3 is 24.8 Å². The molecule has 7 nitrogen and oxygen atoms in total. The number of rotatable bonds is 4. The maximum atomic E-state index is 11.7. The summed E-state index contributed by atoms with van der Waals surface area (Å²) >= 11 is 0. The number of carbonyl (C=O) groups is 2. The van der Waals surface area contributed by atoms with E-state index in [2.05, 4.69) is 10.6 Å². The summed E-state index contributed by atoms with van der Waals surface area (Å²) in [4.78, 5) is 23.3. The van der Waals surface area contributed by atoms with Crippen LogP contribution in [-0.4, -0.2) is 49.7 Å². The number of hydrogen-bond donors (Lipinski definition) is 2. The Balaban J connectivity index is 2.34. The molecule has 0 aromatic carbocycles. The van der Waals surface area contributed by atoms with E-state index in [0.717, 1.165) is 13.1 Å². The van der Waals surface area contributed by atoms with Crippen LogP contribution in [0.2, 0.25) is 0 Å². The Labute approximate surface area is 138 Å². The molecule has 1 saturated heterocycles. The Kier molecular flexibility index (Phi) is 6.68. The highest BCUT2D eigenvalue weighted by Gasteiger charge is 2.30. The molecule has 1 aliphatic heterocycles. The summed E-state index contributed by atoms with van der Waals surface area (Å²) in [5.41, 5.74) is -1.08. The molecule has 0 unspecified atom stereocenters. The van der Waals surface area contributed by atoms with Crippen molar-refractivity contribution in [3.63, 3.8) is 0 Å². The van der Waals surface area contributed by atoms with Crippen molar-refractivity contribution in [2.75, 3.05) is 26.2 Å². The van der Waals surface area contributed by atoms with Crippen molar-refractivity contribution < 1.29 is 23.8 Å². The fourth-order valence-corrected chi connectivity index (χ4v) is 2.20. The van der Waals surface area contributed by atoms with E-state index in [9.17, 15) is 9.59 Å². The molecule has 0 aromatic heterocycles. The molecule has 1 heterocycles. The summed E-state index contributed by atoms with van der Waals surface area (Å²) in [5.74, 6) is 0.322. The zero-order chi connectivity index (χ0) is 17.7. The lowest BCUT2D eigenvalue weighted by Gasteiger charge is -2.23. The van der Waals surface area contributed by atoms with Gasteiger partial charge in [-0.2, -0.15) is 0 Å². The quantitative estimate of drug-likeness (QED) is 0.769. The Morgan fingerprint density at radius 1 is 1.00 bits per heavy atom. The van der Waals surface area contributed by atoms with Crippen LogP contribution in [0, 0.1) is 11.8 Å². The van der Waals surface area contributed by atoms with Crippen molar-refractivity contribution in [2.45, 2.75) is 52.7 Å². The molecule has 2 atom stereocenters. The number of ether oxygens (including phenoxy) is 3. The second kappa shape index (κ2) is 7.86. The molecular weight excluding hydrogens is 300 g/mol. The lowest BCUT2D eigenvalue weighted by molar-refractivity contribution is -0.0145. The van der Waals surface area contributed by atoms with E-state index >= 15 is 0 Å². The van der Waals surface area contributed by atoms with Gasteiger partial charge in [0.1, 0.15) is 11.2 Å². The Bertz CT molecular complexity index is 374. The van der Waals surface area contributed by atoms with Gasteiger partial charge in [0, 0.05) is 25.6 Å². The van der Waals surface area contributed by atoms with Crippen molar-refractivity contribution in [3.8, 4) is 0 Å². The second-order valence-electron chi connectivity index (χ2n) is 7.84. The average Bonchev–Trinajstić information content (AvgIpc) is 2.77. The first kappa shape index (κ1) is 19.5. The lowest BCUT2D eigenvalue weighted by atomic mass is 9.97. The van der Waals surface area contributed by atoms with E-state index in [-0.39, 0.29) is 18.4 Å². The predicted octanol–water partition coefficient (Wildman–Crippen LogP) is 2.30. The Morgan fingerprint density at radius 2 is 1.57 bits per heavy atom. The van der Waals surface area contributed by atoms with Gasteiger partial charge in [0.25, 0.3) is 0 Å². The first-order valence-corrected chi connectivity index (χ1v) is 7.99. The van der Waals surface area contributed by atoms with Crippen LogP contribution in [0.5, 0.6) is 0 Å². The van der Waals surface area contributed by atoms with Crippen molar-refractivity contribution in [2.24, 2.45) is 11.8 Å². The number of amides is 1. The van der Waals surface area contributed by atoms with Gasteiger partial charge in [-0.05, 0) is 47.5 Å². The number of alkyl carbamates (subject to hydrolysis) is 1. The van der Waals surface area contributed by atoms with E-state index in [0.29, 0.717) is 6.54 Å². The van der Waals surface area contributed by atoms with Crippen LogP contribution in [0.25, 0.3) is 0 Å². The normalized spacial score (nSPS) is 21.7. The van der Waals surface area contributed by atoms with Crippen LogP contribution in [0.15, 0.2) is 0 Å². The SMILES string of the molecule is CC(C)(C)OC(=O)NC[C@H]1CNC[C@H]1COC(=O)OC(C)(C)C. The summed E-state index contributed by atoms with van der Waals surface area (Å²) in [7, 11) is 0. The first-order chi connectivity index (χ1) is 10.5. The summed E-state index contributed by atoms with van der Waals surface area (Å²) in [6.07, 6.45) is -1.10. The van der Waals surface area contributed by atoms with E-state index in [1.54, 1.807) is 20.8 Å². The maximum Gasteiger partial charge on any atom is 0.508 e. The molecule has 1 rings (SSSR count). The topological polar surface area (TPSA) is 85.9 Å². The van der Waals surface area contributed by atoms with Crippen molar-refractivity contribution >= 4 is 12.2 Å². The third-order valence-electron chi connectivity index (χ3n) is 3.19. The zero-order valence-electron chi connectivity index (χ0n) is 15.0.